The van der Waals surface area contributed by atoms with Crippen molar-refractivity contribution in [1.82, 2.24) is 0 Å². The van der Waals surface area contributed by atoms with Gasteiger partial charge in [0.15, 0.2) is 0 Å². The van der Waals surface area contributed by atoms with Crippen LogP contribution in [-0.2, 0) is 0 Å². The summed E-state index contributed by atoms with van der Waals surface area (Å²) in [5.41, 5.74) is 0. The maximum absolute atomic E-state index is 5.72. The van der Waals surface area contributed by atoms with E-state index in [0.29, 0.717) is 12.0 Å². The van der Waals surface area contributed by atoms with Gasteiger partial charge >= 0.3 is 0 Å². The SMILES string of the molecule is ClCC1CC(Oc2ccccc2)C1. The number of halogens is 1. The largest absolute Gasteiger partial charge is 0.490 e. The second kappa shape index (κ2) is 4.01. The van der Waals surface area contributed by atoms with Gasteiger partial charge in [0.05, 0.1) is 6.10 Å². The molecule has 0 aliphatic heterocycles. The van der Waals surface area contributed by atoms with Crippen LogP contribution in [0.1, 0.15) is 12.8 Å². The van der Waals surface area contributed by atoms with Crippen LogP contribution in [0.2, 0.25) is 0 Å². The summed E-state index contributed by atoms with van der Waals surface area (Å²) < 4.78 is 5.72. The topological polar surface area (TPSA) is 9.23 Å². The lowest BCUT2D eigenvalue weighted by Gasteiger charge is -2.34. The molecule has 1 aromatic carbocycles. The molecular formula is C11H13ClO. The second-order valence-electron chi connectivity index (χ2n) is 3.54. The molecule has 0 heterocycles. The average molecular weight is 197 g/mol. The zero-order chi connectivity index (χ0) is 9.10. The zero-order valence-corrected chi connectivity index (χ0v) is 8.20. The second-order valence-corrected chi connectivity index (χ2v) is 3.85. The van der Waals surface area contributed by atoms with Crippen LogP contribution in [0.4, 0.5) is 0 Å². The molecule has 0 amide bonds. The van der Waals surface area contributed by atoms with Gasteiger partial charge < -0.3 is 4.74 Å². The number of hydrogen-bond donors (Lipinski definition) is 0. The molecule has 2 heteroatoms. The molecule has 1 fully saturated rings. The predicted molar refractivity (Wildman–Crippen MR) is 54.3 cm³/mol. The van der Waals surface area contributed by atoms with Gasteiger partial charge in [0.2, 0.25) is 0 Å². The fraction of sp³-hybridized carbons (Fsp3) is 0.455. The minimum absolute atomic E-state index is 0.395. The number of alkyl halides is 1. The number of benzene rings is 1. The van der Waals surface area contributed by atoms with Crippen molar-refractivity contribution in [3.8, 4) is 5.75 Å². The number of ether oxygens (including phenoxy) is 1. The van der Waals surface area contributed by atoms with Gasteiger partial charge in [0.25, 0.3) is 0 Å². The van der Waals surface area contributed by atoms with E-state index in [0.717, 1.165) is 24.5 Å². The Morgan fingerprint density at radius 3 is 2.54 bits per heavy atom. The highest BCUT2D eigenvalue weighted by molar-refractivity contribution is 6.18. The number of rotatable bonds is 3. The molecule has 0 radical (unpaired) electrons. The Balaban J connectivity index is 1.81. The molecule has 0 aromatic heterocycles. The van der Waals surface area contributed by atoms with Gasteiger partial charge in [-0.05, 0) is 30.9 Å². The molecule has 0 N–H and O–H groups in total. The van der Waals surface area contributed by atoms with Crippen LogP contribution >= 0.6 is 11.6 Å². The third kappa shape index (κ3) is 2.16. The van der Waals surface area contributed by atoms with Crippen molar-refractivity contribution in [3.05, 3.63) is 30.3 Å². The minimum atomic E-state index is 0.395. The lowest BCUT2D eigenvalue weighted by molar-refractivity contribution is 0.0754. The molecule has 0 spiro atoms. The van der Waals surface area contributed by atoms with Gasteiger partial charge in [-0.1, -0.05) is 18.2 Å². The monoisotopic (exact) mass is 196 g/mol. The van der Waals surface area contributed by atoms with E-state index in [-0.39, 0.29) is 0 Å². The van der Waals surface area contributed by atoms with E-state index in [1.165, 1.54) is 0 Å². The normalized spacial score (nSPS) is 26.5. The van der Waals surface area contributed by atoms with Crippen molar-refractivity contribution in [2.24, 2.45) is 5.92 Å². The van der Waals surface area contributed by atoms with Crippen molar-refractivity contribution in [2.45, 2.75) is 18.9 Å². The van der Waals surface area contributed by atoms with E-state index < -0.39 is 0 Å². The molecular weight excluding hydrogens is 184 g/mol. The Bertz CT molecular complexity index is 254. The van der Waals surface area contributed by atoms with Crippen molar-refractivity contribution in [3.63, 3.8) is 0 Å². The minimum Gasteiger partial charge on any atom is -0.490 e. The molecule has 0 saturated heterocycles. The maximum Gasteiger partial charge on any atom is 0.119 e. The summed E-state index contributed by atoms with van der Waals surface area (Å²) >= 11 is 5.72. The summed E-state index contributed by atoms with van der Waals surface area (Å²) in [6, 6.07) is 9.97. The Kier molecular flexibility index (Phi) is 2.74. The summed E-state index contributed by atoms with van der Waals surface area (Å²) in [5.74, 6) is 2.42. The number of hydrogen-bond acceptors (Lipinski definition) is 1. The first-order chi connectivity index (χ1) is 6.38. The fourth-order valence-electron chi connectivity index (χ4n) is 1.59. The van der Waals surface area contributed by atoms with Crippen LogP contribution < -0.4 is 4.74 Å². The van der Waals surface area contributed by atoms with Crippen LogP contribution in [-0.4, -0.2) is 12.0 Å². The van der Waals surface area contributed by atoms with E-state index in [4.69, 9.17) is 16.3 Å². The first-order valence-electron chi connectivity index (χ1n) is 4.66. The van der Waals surface area contributed by atoms with Gasteiger partial charge in [0.1, 0.15) is 5.75 Å². The van der Waals surface area contributed by atoms with Crippen LogP contribution in [0.15, 0.2) is 30.3 Å². The average Bonchev–Trinajstić information content (AvgIpc) is 2.12. The Hall–Kier alpha value is -0.690. The molecule has 0 unspecified atom stereocenters. The van der Waals surface area contributed by atoms with Crippen LogP contribution in [0, 0.1) is 5.92 Å². The lowest BCUT2D eigenvalue weighted by Crippen LogP contribution is -2.34. The molecule has 70 valence electrons. The van der Waals surface area contributed by atoms with E-state index in [1.807, 2.05) is 30.3 Å². The summed E-state index contributed by atoms with van der Waals surface area (Å²) in [6.45, 7) is 0. The smallest absolute Gasteiger partial charge is 0.119 e. The van der Waals surface area contributed by atoms with Gasteiger partial charge in [-0.3, -0.25) is 0 Å². The van der Waals surface area contributed by atoms with Gasteiger partial charge in [-0.15, -0.1) is 11.6 Å². The number of para-hydroxylation sites is 1. The molecule has 1 aliphatic carbocycles. The summed E-state index contributed by atoms with van der Waals surface area (Å²) in [5, 5.41) is 0. The van der Waals surface area contributed by atoms with Crippen LogP contribution in [0.3, 0.4) is 0 Å². The lowest BCUT2D eigenvalue weighted by atomic mass is 9.84. The molecule has 0 bridgehead atoms. The third-order valence-corrected chi connectivity index (χ3v) is 2.89. The van der Waals surface area contributed by atoms with E-state index in [2.05, 4.69) is 0 Å². The first kappa shape index (κ1) is 8.89. The molecule has 1 nitrogen and oxygen atoms in total. The molecule has 1 aliphatic rings. The summed E-state index contributed by atoms with van der Waals surface area (Å²) in [7, 11) is 0. The maximum atomic E-state index is 5.72. The quantitative estimate of drug-likeness (QED) is 0.676. The van der Waals surface area contributed by atoms with E-state index in [1.54, 1.807) is 0 Å². The predicted octanol–water partition coefficient (Wildman–Crippen LogP) is 3.08. The molecule has 1 saturated carbocycles. The zero-order valence-electron chi connectivity index (χ0n) is 7.45. The van der Waals surface area contributed by atoms with Crippen molar-refractivity contribution >= 4 is 11.6 Å². The highest BCUT2D eigenvalue weighted by Gasteiger charge is 2.29. The van der Waals surface area contributed by atoms with Crippen molar-refractivity contribution in [1.29, 1.82) is 0 Å². The van der Waals surface area contributed by atoms with Crippen molar-refractivity contribution in [2.75, 3.05) is 5.88 Å². The Labute approximate surface area is 83.7 Å². The van der Waals surface area contributed by atoms with E-state index in [9.17, 15) is 0 Å². The van der Waals surface area contributed by atoms with Gasteiger partial charge in [-0.25, -0.2) is 0 Å². The van der Waals surface area contributed by atoms with Crippen LogP contribution in [0.5, 0.6) is 5.75 Å². The van der Waals surface area contributed by atoms with Crippen LogP contribution in [0.25, 0.3) is 0 Å². The first-order valence-corrected chi connectivity index (χ1v) is 5.19. The summed E-state index contributed by atoms with van der Waals surface area (Å²) in [6.07, 6.45) is 2.61. The van der Waals surface area contributed by atoms with Gasteiger partial charge in [-0.2, -0.15) is 0 Å². The summed E-state index contributed by atoms with van der Waals surface area (Å²) in [4.78, 5) is 0. The van der Waals surface area contributed by atoms with Crippen molar-refractivity contribution < 1.29 is 4.74 Å². The molecule has 0 atom stereocenters. The van der Waals surface area contributed by atoms with E-state index >= 15 is 0 Å². The Morgan fingerprint density at radius 1 is 1.23 bits per heavy atom. The van der Waals surface area contributed by atoms with Gasteiger partial charge in [0, 0.05) is 5.88 Å². The Morgan fingerprint density at radius 2 is 1.92 bits per heavy atom. The third-order valence-electron chi connectivity index (χ3n) is 2.46. The highest BCUT2D eigenvalue weighted by Crippen LogP contribution is 2.31. The fourth-order valence-corrected chi connectivity index (χ4v) is 1.84. The standard InChI is InChI=1S/C11H13ClO/c12-8-9-6-11(7-9)13-10-4-2-1-3-5-10/h1-5,9,11H,6-8H2. The molecule has 2 rings (SSSR count). The molecule has 1 aromatic rings. The molecule has 13 heavy (non-hydrogen) atoms. The highest BCUT2D eigenvalue weighted by atomic mass is 35.5.